The van der Waals surface area contributed by atoms with Crippen molar-refractivity contribution in [1.82, 2.24) is 20.4 Å². The summed E-state index contributed by atoms with van der Waals surface area (Å²) in [6, 6.07) is 9.92. The topological polar surface area (TPSA) is 76.7 Å². The Morgan fingerprint density at radius 3 is 2.89 bits per heavy atom. The molecule has 1 unspecified atom stereocenters. The van der Waals surface area contributed by atoms with Crippen molar-refractivity contribution in [3.05, 3.63) is 53.6 Å². The minimum absolute atomic E-state index is 0.0523. The third kappa shape index (κ3) is 2.60. The van der Waals surface area contributed by atoms with E-state index in [0.717, 1.165) is 16.2 Å². The van der Waals surface area contributed by atoms with Crippen LogP contribution in [0, 0.1) is 0 Å². The molecule has 2 aromatic heterocycles. The molecule has 19 heavy (non-hydrogen) atoms. The zero-order chi connectivity index (χ0) is 13.1. The summed E-state index contributed by atoms with van der Waals surface area (Å²) in [4.78, 5) is 12.7. The van der Waals surface area contributed by atoms with Gasteiger partial charge in [0.1, 0.15) is 6.33 Å². The number of fused-ring (bicyclic) bond motifs is 1. The SMILES string of the molecule is NNC(Cc1nc2ccccc2s1)c1ccncn1. The maximum atomic E-state index is 5.61. The van der Waals surface area contributed by atoms with Crippen molar-refractivity contribution in [3.63, 3.8) is 0 Å². The van der Waals surface area contributed by atoms with Gasteiger partial charge in [0.15, 0.2) is 0 Å². The number of aromatic nitrogens is 3. The van der Waals surface area contributed by atoms with Gasteiger partial charge in [-0.15, -0.1) is 11.3 Å². The van der Waals surface area contributed by atoms with E-state index in [4.69, 9.17) is 5.84 Å². The van der Waals surface area contributed by atoms with Gasteiger partial charge >= 0.3 is 0 Å². The fraction of sp³-hybridized carbons (Fsp3) is 0.154. The van der Waals surface area contributed by atoms with E-state index in [0.29, 0.717) is 6.42 Å². The summed E-state index contributed by atoms with van der Waals surface area (Å²) in [5.74, 6) is 5.61. The molecule has 3 aromatic rings. The quantitative estimate of drug-likeness (QED) is 0.559. The maximum Gasteiger partial charge on any atom is 0.115 e. The smallest absolute Gasteiger partial charge is 0.115 e. The van der Waals surface area contributed by atoms with Gasteiger partial charge < -0.3 is 0 Å². The number of hydrazine groups is 1. The first-order valence-corrected chi connectivity index (χ1v) is 6.75. The van der Waals surface area contributed by atoms with Gasteiger partial charge in [-0.3, -0.25) is 11.3 Å². The Hall–Kier alpha value is -1.89. The van der Waals surface area contributed by atoms with Crippen LogP contribution in [-0.2, 0) is 6.42 Å². The molecule has 0 aliphatic carbocycles. The van der Waals surface area contributed by atoms with Crippen molar-refractivity contribution < 1.29 is 0 Å². The van der Waals surface area contributed by atoms with Crippen LogP contribution in [0.15, 0.2) is 42.9 Å². The van der Waals surface area contributed by atoms with Gasteiger partial charge in [0.2, 0.25) is 0 Å². The average Bonchev–Trinajstić information content (AvgIpc) is 2.88. The standard InChI is InChI=1S/C13H13N5S/c14-18-11(9-5-6-15-8-16-9)7-13-17-10-3-1-2-4-12(10)19-13/h1-6,8,11,18H,7,14H2. The van der Waals surface area contributed by atoms with Gasteiger partial charge in [-0.2, -0.15) is 0 Å². The second-order valence-corrected chi connectivity index (χ2v) is 5.25. The predicted molar refractivity (Wildman–Crippen MR) is 75.4 cm³/mol. The monoisotopic (exact) mass is 271 g/mol. The van der Waals surface area contributed by atoms with E-state index in [-0.39, 0.29) is 6.04 Å². The zero-order valence-electron chi connectivity index (χ0n) is 10.2. The minimum atomic E-state index is -0.0523. The van der Waals surface area contributed by atoms with E-state index in [1.165, 1.54) is 11.0 Å². The molecule has 6 heteroatoms. The number of para-hydroxylation sites is 1. The Kier molecular flexibility index (Phi) is 3.45. The van der Waals surface area contributed by atoms with E-state index in [1.54, 1.807) is 17.5 Å². The summed E-state index contributed by atoms with van der Waals surface area (Å²) in [7, 11) is 0. The number of nitrogens with one attached hydrogen (secondary N) is 1. The molecular weight excluding hydrogens is 258 g/mol. The normalized spacial score (nSPS) is 12.7. The average molecular weight is 271 g/mol. The summed E-state index contributed by atoms with van der Waals surface area (Å²) in [5.41, 5.74) is 4.69. The van der Waals surface area contributed by atoms with Gasteiger partial charge in [-0.1, -0.05) is 12.1 Å². The van der Waals surface area contributed by atoms with Crippen LogP contribution in [0.5, 0.6) is 0 Å². The first-order valence-electron chi connectivity index (χ1n) is 5.93. The Morgan fingerprint density at radius 1 is 1.26 bits per heavy atom. The van der Waals surface area contributed by atoms with Crippen molar-refractivity contribution in [2.45, 2.75) is 12.5 Å². The van der Waals surface area contributed by atoms with Crippen molar-refractivity contribution in [2.24, 2.45) is 5.84 Å². The van der Waals surface area contributed by atoms with Crippen LogP contribution in [0.2, 0.25) is 0 Å². The first-order chi connectivity index (χ1) is 9.36. The highest BCUT2D eigenvalue weighted by Gasteiger charge is 2.14. The lowest BCUT2D eigenvalue weighted by Gasteiger charge is -2.12. The number of nitrogens with two attached hydrogens (primary N) is 1. The molecule has 1 aromatic carbocycles. The van der Waals surface area contributed by atoms with Crippen molar-refractivity contribution in [1.29, 1.82) is 0 Å². The van der Waals surface area contributed by atoms with E-state index in [1.807, 2.05) is 24.3 Å². The molecule has 2 heterocycles. The molecule has 3 N–H and O–H groups in total. The largest absolute Gasteiger partial charge is 0.271 e. The number of benzene rings is 1. The summed E-state index contributed by atoms with van der Waals surface area (Å²) in [5, 5.41) is 1.04. The van der Waals surface area contributed by atoms with Crippen LogP contribution in [0.25, 0.3) is 10.2 Å². The molecular formula is C13H13N5S. The highest BCUT2D eigenvalue weighted by atomic mass is 32.1. The molecule has 0 fully saturated rings. The lowest BCUT2D eigenvalue weighted by atomic mass is 10.1. The number of rotatable bonds is 4. The summed E-state index contributed by atoms with van der Waals surface area (Å²) < 4.78 is 1.19. The highest BCUT2D eigenvalue weighted by molar-refractivity contribution is 7.18. The Bertz CT molecular complexity index is 634. The number of hydrogen-bond donors (Lipinski definition) is 2. The Balaban J connectivity index is 1.86. The molecule has 0 amide bonds. The molecule has 0 saturated heterocycles. The maximum absolute atomic E-state index is 5.61. The van der Waals surface area contributed by atoms with E-state index < -0.39 is 0 Å². The molecule has 0 aliphatic rings. The van der Waals surface area contributed by atoms with Gasteiger partial charge in [0, 0.05) is 12.6 Å². The second kappa shape index (κ2) is 5.40. The second-order valence-electron chi connectivity index (χ2n) is 4.13. The Morgan fingerprint density at radius 2 is 2.16 bits per heavy atom. The molecule has 0 radical (unpaired) electrons. The van der Waals surface area contributed by atoms with Gasteiger partial charge in [0.05, 0.1) is 27.0 Å². The first kappa shape index (κ1) is 12.2. The molecule has 0 aliphatic heterocycles. The lowest BCUT2D eigenvalue weighted by molar-refractivity contribution is 0.536. The third-order valence-electron chi connectivity index (χ3n) is 2.88. The van der Waals surface area contributed by atoms with Crippen molar-refractivity contribution >= 4 is 21.6 Å². The molecule has 0 saturated carbocycles. The van der Waals surface area contributed by atoms with E-state index >= 15 is 0 Å². The summed E-state index contributed by atoms with van der Waals surface area (Å²) >= 11 is 1.69. The van der Waals surface area contributed by atoms with Crippen molar-refractivity contribution in [3.8, 4) is 0 Å². The number of thiazole rings is 1. The third-order valence-corrected chi connectivity index (χ3v) is 3.94. The molecule has 96 valence electrons. The van der Waals surface area contributed by atoms with Crippen LogP contribution >= 0.6 is 11.3 Å². The minimum Gasteiger partial charge on any atom is -0.271 e. The molecule has 0 bridgehead atoms. The number of nitrogens with zero attached hydrogens (tertiary/aromatic N) is 3. The Labute approximate surface area is 114 Å². The van der Waals surface area contributed by atoms with Crippen LogP contribution < -0.4 is 11.3 Å². The lowest BCUT2D eigenvalue weighted by Crippen LogP contribution is -2.30. The van der Waals surface area contributed by atoms with Gasteiger partial charge in [0.25, 0.3) is 0 Å². The van der Waals surface area contributed by atoms with E-state index in [2.05, 4.69) is 26.4 Å². The molecule has 1 atom stereocenters. The zero-order valence-corrected chi connectivity index (χ0v) is 11.0. The van der Waals surface area contributed by atoms with Crippen LogP contribution in [0.4, 0.5) is 0 Å². The molecule has 3 rings (SSSR count). The van der Waals surface area contributed by atoms with E-state index in [9.17, 15) is 0 Å². The van der Waals surface area contributed by atoms with Crippen LogP contribution in [0.1, 0.15) is 16.7 Å². The van der Waals surface area contributed by atoms with Crippen molar-refractivity contribution in [2.75, 3.05) is 0 Å². The summed E-state index contributed by atoms with van der Waals surface area (Å²) in [6.45, 7) is 0. The predicted octanol–water partition coefficient (Wildman–Crippen LogP) is 1.83. The molecule has 5 nitrogen and oxygen atoms in total. The highest BCUT2D eigenvalue weighted by Crippen LogP contribution is 2.25. The fourth-order valence-corrected chi connectivity index (χ4v) is 2.95. The van der Waals surface area contributed by atoms with Crippen LogP contribution in [0.3, 0.4) is 0 Å². The van der Waals surface area contributed by atoms with Crippen LogP contribution in [-0.4, -0.2) is 15.0 Å². The molecule has 0 spiro atoms. The van der Waals surface area contributed by atoms with Gasteiger partial charge in [-0.25, -0.2) is 15.0 Å². The van der Waals surface area contributed by atoms with Gasteiger partial charge in [-0.05, 0) is 18.2 Å². The summed E-state index contributed by atoms with van der Waals surface area (Å²) in [6.07, 6.45) is 3.95. The fourth-order valence-electron chi connectivity index (χ4n) is 1.94. The number of hydrogen-bond acceptors (Lipinski definition) is 6.